The van der Waals surface area contributed by atoms with Crippen molar-refractivity contribution >= 4 is 44.0 Å². The van der Waals surface area contributed by atoms with Gasteiger partial charge in [0.05, 0.1) is 27.7 Å². The number of nitrogens with two attached hydrogens (primary N) is 2. The van der Waals surface area contributed by atoms with Gasteiger partial charge in [0.15, 0.2) is 0 Å². The summed E-state index contributed by atoms with van der Waals surface area (Å²) in [5.74, 6) is -0.0935. The van der Waals surface area contributed by atoms with E-state index in [2.05, 4.69) is 9.71 Å². The maximum Gasteiger partial charge on any atom is 0.263 e. The van der Waals surface area contributed by atoms with Gasteiger partial charge in [-0.1, -0.05) is 29.8 Å². The number of nitrogens with one attached hydrogen (secondary N) is 1. The van der Waals surface area contributed by atoms with Crippen molar-refractivity contribution in [2.24, 2.45) is 5.73 Å². The Bertz CT molecular complexity index is 1650. The zero-order valence-corrected chi connectivity index (χ0v) is 22.1. The molecule has 0 aliphatic heterocycles. The van der Waals surface area contributed by atoms with Crippen LogP contribution < -0.4 is 16.2 Å². The van der Waals surface area contributed by atoms with E-state index in [1.54, 1.807) is 18.2 Å². The molecule has 2 aliphatic carbocycles. The third kappa shape index (κ3) is 4.50. The van der Waals surface area contributed by atoms with E-state index >= 15 is 4.39 Å². The topological polar surface area (TPSA) is 129 Å². The van der Waals surface area contributed by atoms with Gasteiger partial charge in [-0.25, -0.2) is 17.8 Å². The lowest BCUT2D eigenvalue weighted by Gasteiger charge is -2.27. The van der Waals surface area contributed by atoms with Crippen molar-refractivity contribution in [3.8, 4) is 11.3 Å². The molecule has 2 aliphatic rings. The van der Waals surface area contributed by atoms with Gasteiger partial charge in [0.25, 0.3) is 10.0 Å². The standard InChI is InChI=1S/C27H28ClFN6O2S/c28-20-3-1-2-4-23(20)38(36,37)34-22-12-7-16(13-21(22)29)25-24-26(35(33-25)18-10-11-18)19(14-32-27(24)31)15-5-8-17(30)9-6-15/h1-4,7,12-15,17-18,34H,5-6,8-11,30H2,(H2,31,32)/t15-,17-. The van der Waals surface area contributed by atoms with Crippen LogP contribution in [0.25, 0.3) is 22.2 Å². The van der Waals surface area contributed by atoms with Gasteiger partial charge in [0, 0.05) is 17.8 Å². The number of nitrogens with zero attached hydrogens (tertiary/aromatic N) is 3. The summed E-state index contributed by atoms with van der Waals surface area (Å²) in [4.78, 5) is 4.38. The summed E-state index contributed by atoms with van der Waals surface area (Å²) in [5, 5.41) is 5.66. The van der Waals surface area contributed by atoms with Crippen LogP contribution in [0.15, 0.2) is 53.6 Å². The molecular weight excluding hydrogens is 527 g/mol. The first kappa shape index (κ1) is 25.1. The number of benzene rings is 2. The third-order valence-corrected chi connectivity index (χ3v) is 9.37. The maximum absolute atomic E-state index is 15.3. The minimum Gasteiger partial charge on any atom is -0.383 e. The number of pyridine rings is 1. The highest BCUT2D eigenvalue weighted by Crippen LogP contribution is 2.45. The zero-order valence-electron chi connectivity index (χ0n) is 20.6. The number of nitrogen functional groups attached to an aromatic ring is 1. The van der Waals surface area contributed by atoms with Crippen molar-refractivity contribution in [2.45, 2.75) is 61.4 Å². The van der Waals surface area contributed by atoms with Gasteiger partial charge in [-0.15, -0.1) is 0 Å². The van der Waals surface area contributed by atoms with Crippen LogP contribution in [0.3, 0.4) is 0 Å². The summed E-state index contributed by atoms with van der Waals surface area (Å²) >= 11 is 6.05. The fourth-order valence-corrected chi connectivity index (χ4v) is 6.93. The van der Waals surface area contributed by atoms with Gasteiger partial charge < -0.3 is 11.5 Å². The second kappa shape index (κ2) is 9.52. The first-order valence-electron chi connectivity index (χ1n) is 12.7. The normalized spacial score (nSPS) is 20.1. The zero-order chi connectivity index (χ0) is 26.6. The fraction of sp³-hybridized carbons (Fsp3) is 0.333. The lowest BCUT2D eigenvalue weighted by molar-refractivity contribution is 0.395. The number of hydrogen-bond acceptors (Lipinski definition) is 6. The molecule has 38 heavy (non-hydrogen) atoms. The average Bonchev–Trinajstić information content (AvgIpc) is 3.66. The van der Waals surface area contributed by atoms with E-state index in [1.165, 1.54) is 24.3 Å². The van der Waals surface area contributed by atoms with Crippen molar-refractivity contribution in [1.29, 1.82) is 0 Å². The van der Waals surface area contributed by atoms with Crippen LogP contribution >= 0.6 is 11.6 Å². The molecule has 2 saturated carbocycles. The highest BCUT2D eigenvalue weighted by molar-refractivity contribution is 7.92. The lowest BCUT2D eigenvalue weighted by atomic mass is 9.82. The first-order chi connectivity index (χ1) is 18.2. The summed E-state index contributed by atoms with van der Waals surface area (Å²) in [7, 11) is -4.09. The SMILES string of the molecule is Nc1ncc([C@H]2CC[C@H](N)CC2)c2c1c(-c1ccc(NS(=O)(=O)c3ccccc3Cl)c(F)c1)nn2C1CC1. The smallest absolute Gasteiger partial charge is 0.263 e. The Kier molecular flexibility index (Phi) is 6.28. The second-order valence-electron chi connectivity index (χ2n) is 10.2. The molecule has 8 nitrogen and oxygen atoms in total. The van der Waals surface area contributed by atoms with E-state index in [9.17, 15) is 8.42 Å². The van der Waals surface area contributed by atoms with Crippen LogP contribution in [0.2, 0.25) is 5.02 Å². The predicted octanol–water partition coefficient (Wildman–Crippen LogP) is 5.59. The Hall–Kier alpha value is -3.21. The molecule has 6 rings (SSSR count). The predicted molar refractivity (Wildman–Crippen MR) is 147 cm³/mol. The molecular formula is C27H28ClFN6O2S. The fourth-order valence-electron chi connectivity index (χ4n) is 5.34. The third-order valence-electron chi connectivity index (χ3n) is 7.50. The van der Waals surface area contributed by atoms with Crippen LogP contribution in [0.4, 0.5) is 15.9 Å². The number of anilines is 2. The lowest BCUT2D eigenvalue weighted by Crippen LogP contribution is -2.26. The van der Waals surface area contributed by atoms with Gasteiger partial charge in [0.2, 0.25) is 0 Å². The average molecular weight is 555 g/mol. The molecule has 2 aromatic carbocycles. The molecule has 0 spiro atoms. The molecule has 0 unspecified atom stereocenters. The Labute approximate surface area is 225 Å². The Balaban J connectivity index is 1.41. The van der Waals surface area contributed by atoms with Crippen molar-refractivity contribution in [3.05, 3.63) is 65.1 Å². The molecule has 2 fully saturated rings. The molecule has 2 aromatic heterocycles. The van der Waals surface area contributed by atoms with E-state index in [-0.39, 0.29) is 27.7 Å². The highest BCUT2D eigenvalue weighted by atomic mass is 35.5. The van der Waals surface area contributed by atoms with Crippen molar-refractivity contribution in [2.75, 3.05) is 10.5 Å². The molecule has 5 N–H and O–H groups in total. The first-order valence-corrected chi connectivity index (χ1v) is 14.6. The van der Waals surface area contributed by atoms with Gasteiger partial charge in [-0.05, 0) is 74.3 Å². The molecule has 4 aromatic rings. The molecule has 198 valence electrons. The van der Waals surface area contributed by atoms with Gasteiger partial charge >= 0.3 is 0 Å². The van der Waals surface area contributed by atoms with Crippen LogP contribution in [0.5, 0.6) is 0 Å². The minimum absolute atomic E-state index is 0.0489. The Morgan fingerprint density at radius 3 is 2.47 bits per heavy atom. The number of halogens is 2. The van der Waals surface area contributed by atoms with Crippen molar-refractivity contribution in [3.63, 3.8) is 0 Å². The Morgan fingerprint density at radius 1 is 1.05 bits per heavy atom. The van der Waals surface area contributed by atoms with Gasteiger partial charge in [0.1, 0.15) is 22.2 Å². The summed E-state index contributed by atoms with van der Waals surface area (Å²) in [6, 6.07) is 10.8. The summed E-state index contributed by atoms with van der Waals surface area (Å²) in [6.07, 6.45) is 7.76. The quantitative estimate of drug-likeness (QED) is 0.285. The summed E-state index contributed by atoms with van der Waals surface area (Å²) < 4.78 is 45.3. The Morgan fingerprint density at radius 2 is 1.79 bits per heavy atom. The second-order valence-corrected chi connectivity index (χ2v) is 12.2. The maximum atomic E-state index is 15.3. The van der Waals surface area contributed by atoms with Crippen LogP contribution in [-0.2, 0) is 10.0 Å². The van der Waals surface area contributed by atoms with E-state index in [0.717, 1.165) is 49.6 Å². The number of sulfonamides is 1. The molecule has 0 saturated heterocycles. The van der Waals surface area contributed by atoms with Crippen LogP contribution in [-0.4, -0.2) is 29.2 Å². The molecule has 2 heterocycles. The number of rotatable bonds is 6. The molecule has 0 radical (unpaired) electrons. The summed E-state index contributed by atoms with van der Waals surface area (Å²) in [5.41, 5.74) is 15.4. The number of aromatic nitrogens is 3. The molecule has 0 bridgehead atoms. The number of hydrogen-bond donors (Lipinski definition) is 3. The number of fused-ring (bicyclic) bond motifs is 1. The minimum atomic E-state index is -4.09. The summed E-state index contributed by atoms with van der Waals surface area (Å²) in [6.45, 7) is 0. The largest absolute Gasteiger partial charge is 0.383 e. The van der Waals surface area contributed by atoms with E-state index in [0.29, 0.717) is 28.4 Å². The van der Waals surface area contributed by atoms with Crippen LogP contribution in [0.1, 0.15) is 56.0 Å². The monoisotopic (exact) mass is 554 g/mol. The van der Waals surface area contributed by atoms with Gasteiger partial charge in [-0.2, -0.15) is 5.10 Å². The van der Waals surface area contributed by atoms with E-state index < -0.39 is 15.8 Å². The molecule has 0 amide bonds. The highest BCUT2D eigenvalue weighted by Gasteiger charge is 2.32. The van der Waals surface area contributed by atoms with Crippen LogP contribution in [0, 0.1) is 5.82 Å². The molecule has 0 atom stereocenters. The molecule has 11 heteroatoms. The van der Waals surface area contributed by atoms with Crippen molar-refractivity contribution < 1.29 is 12.8 Å². The van der Waals surface area contributed by atoms with E-state index in [1.807, 2.05) is 10.9 Å². The van der Waals surface area contributed by atoms with Crippen molar-refractivity contribution in [1.82, 2.24) is 14.8 Å². The van der Waals surface area contributed by atoms with E-state index in [4.69, 9.17) is 28.2 Å². The van der Waals surface area contributed by atoms with Gasteiger partial charge in [-0.3, -0.25) is 9.40 Å².